The Morgan fingerprint density at radius 2 is 2.05 bits per heavy atom. The van der Waals surface area contributed by atoms with Crippen LogP contribution in [0.3, 0.4) is 0 Å². The van der Waals surface area contributed by atoms with Crippen LogP contribution in [0.5, 0.6) is 0 Å². The van der Waals surface area contributed by atoms with Crippen molar-refractivity contribution in [2.75, 3.05) is 19.8 Å². The van der Waals surface area contributed by atoms with Crippen LogP contribution in [0.4, 0.5) is 0 Å². The maximum Gasteiger partial charge on any atom is 0.114 e. The molecule has 0 spiro atoms. The Labute approximate surface area is 121 Å². The fraction of sp³-hybridized carbons (Fsp3) is 0.867. The van der Waals surface area contributed by atoms with Crippen molar-refractivity contribution < 1.29 is 24.8 Å². The third kappa shape index (κ3) is 5.89. The summed E-state index contributed by atoms with van der Waals surface area (Å²) in [6, 6.07) is 0. The molecule has 4 atom stereocenters. The Kier molecular flexibility index (Phi) is 9.05. The molecular formula is C15H28O5. The summed E-state index contributed by atoms with van der Waals surface area (Å²) in [5, 5.41) is 28.3. The van der Waals surface area contributed by atoms with E-state index < -0.39 is 24.4 Å². The lowest BCUT2D eigenvalue weighted by molar-refractivity contribution is -0.0937. The molecule has 20 heavy (non-hydrogen) atoms. The first-order valence-corrected chi connectivity index (χ1v) is 7.55. The van der Waals surface area contributed by atoms with E-state index in [0.717, 1.165) is 25.7 Å². The van der Waals surface area contributed by atoms with E-state index in [4.69, 9.17) is 14.6 Å². The topological polar surface area (TPSA) is 79.2 Å². The average molecular weight is 288 g/mol. The van der Waals surface area contributed by atoms with E-state index in [1.807, 2.05) is 0 Å². The van der Waals surface area contributed by atoms with Crippen molar-refractivity contribution in [3.63, 3.8) is 0 Å². The number of hydrogen-bond donors (Lipinski definition) is 3. The van der Waals surface area contributed by atoms with Crippen LogP contribution in [0.2, 0.25) is 0 Å². The van der Waals surface area contributed by atoms with Gasteiger partial charge in [-0.3, -0.25) is 0 Å². The highest BCUT2D eigenvalue weighted by atomic mass is 16.6. The van der Waals surface area contributed by atoms with Crippen LogP contribution in [0.1, 0.15) is 39.0 Å². The molecule has 1 saturated heterocycles. The van der Waals surface area contributed by atoms with Crippen molar-refractivity contribution in [3.8, 4) is 0 Å². The van der Waals surface area contributed by atoms with Gasteiger partial charge in [-0.1, -0.05) is 25.5 Å². The first-order chi connectivity index (χ1) is 9.70. The molecule has 1 fully saturated rings. The Morgan fingerprint density at radius 3 is 2.75 bits per heavy atom. The molecule has 0 bridgehead atoms. The molecular weight excluding hydrogens is 260 g/mol. The van der Waals surface area contributed by atoms with Gasteiger partial charge in [0, 0.05) is 6.61 Å². The predicted molar refractivity (Wildman–Crippen MR) is 76.5 cm³/mol. The highest BCUT2D eigenvalue weighted by Crippen LogP contribution is 2.21. The number of hydrogen-bond acceptors (Lipinski definition) is 5. The molecule has 0 aromatic rings. The molecule has 1 rings (SSSR count). The van der Waals surface area contributed by atoms with Crippen LogP contribution in [0, 0.1) is 0 Å². The summed E-state index contributed by atoms with van der Waals surface area (Å²) in [6.07, 6.45) is 6.75. The summed E-state index contributed by atoms with van der Waals surface area (Å²) in [7, 11) is 0. The predicted octanol–water partition coefficient (Wildman–Crippen LogP) is 1.01. The largest absolute Gasteiger partial charge is 0.394 e. The van der Waals surface area contributed by atoms with Gasteiger partial charge in [-0.05, 0) is 25.7 Å². The number of allylic oxidation sites excluding steroid dienone is 2. The number of aliphatic hydroxyl groups excluding tert-OH is 3. The van der Waals surface area contributed by atoms with Crippen LogP contribution in [-0.4, -0.2) is 59.6 Å². The Hall–Kier alpha value is -0.460. The normalized spacial score (nSPS) is 28.3. The minimum atomic E-state index is -1.01. The molecule has 0 radical (unpaired) electrons. The summed E-state index contributed by atoms with van der Waals surface area (Å²) >= 11 is 0. The van der Waals surface area contributed by atoms with Gasteiger partial charge in [-0.2, -0.15) is 0 Å². The van der Waals surface area contributed by atoms with Gasteiger partial charge in [0.15, 0.2) is 0 Å². The highest BCUT2D eigenvalue weighted by molar-refractivity contribution is 4.89. The van der Waals surface area contributed by atoms with Crippen LogP contribution >= 0.6 is 0 Å². The zero-order valence-electron chi connectivity index (χ0n) is 12.3. The van der Waals surface area contributed by atoms with Gasteiger partial charge in [-0.15, -0.1) is 0 Å². The minimum absolute atomic E-state index is 0.145. The van der Waals surface area contributed by atoms with Crippen molar-refractivity contribution in [2.45, 2.75) is 63.4 Å². The Bertz CT molecular complexity index is 269. The lowest BCUT2D eigenvalue weighted by Crippen LogP contribution is -2.42. The van der Waals surface area contributed by atoms with Crippen molar-refractivity contribution in [1.82, 2.24) is 0 Å². The molecule has 0 amide bonds. The SMILES string of the molecule is CCC/C=C/CCCCO[C@H]1[C@@H]([C@H](O)CO)OC[C@@H]1O. The standard InChI is InChI=1S/C15H28O5/c1-2-3-4-5-6-7-8-9-19-15-13(18)11-20-14(15)12(17)10-16/h4-5,12-18H,2-3,6-11H2,1H3/b5-4+/t12-,13+,14-,15-/m1/s1. The molecule has 5 nitrogen and oxygen atoms in total. The number of unbranched alkanes of at least 4 members (excludes halogenated alkanes) is 3. The second-order valence-corrected chi connectivity index (χ2v) is 5.21. The third-order valence-electron chi connectivity index (χ3n) is 3.43. The number of rotatable bonds is 10. The molecule has 1 aliphatic rings. The zero-order chi connectivity index (χ0) is 14.8. The molecule has 0 unspecified atom stereocenters. The average Bonchev–Trinajstić information content (AvgIpc) is 2.82. The van der Waals surface area contributed by atoms with E-state index in [-0.39, 0.29) is 13.2 Å². The fourth-order valence-corrected chi connectivity index (χ4v) is 2.24. The van der Waals surface area contributed by atoms with Crippen molar-refractivity contribution in [3.05, 3.63) is 12.2 Å². The molecule has 0 aromatic carbocycles. The van der Waals surface area contributed by atoms with Crippen LogP contribution in [0.25, 0.3) is 0 Å². The summed E-state index contributed by atoms with van der Waals surface area (Å²) in [6.45, 7) is 2.44. The Balaban J connectivity index is 2.16. The molecule has 118 valence electrons. The zero-order valence-corrected chi connectivity index (χ0v) is 12.3. The quantitative estimate of drug-likeness (QED) is 0.413. The molecule has 0 aromatic heterocycles. The molecule has 5 heteroatoms. The van der Waals surface area contributed by atoms with Crippen LogP contribution in [0.15, 0.2) is 12.2 Å². The van der Waals surface area contributed by atoms with E-state index in [0.29, 0.717) is 6.61 Å². The molecule has 1 heterocycles. The smallest absolute Gasteiger partial charge is 0.114 e. The molecule has 1 aliphatic heterocycles. The maximum absolute atomic E-state index is 9.75. The second kappa shape index (κ2) is 10.3. The van der Waals surface area contributed by atoms with E-state index in [1.54, 1.807) is 0 Å². The van der Waals surface area contributed by atoms with Gasteiger partial charge < -0.3 is 24.8 Å². The van der Waals surface area contributed by atoms with E-state index in [2.05, 4.69) is 19.1 Å². The lowest BCUT2D eigenvalue weighted by Gasteiger charge is -2.23. The van der Waals surface area contributed by atoms with Gasteiger partial charge >= 0.3 is 0 Å². The van der Waals surface area contributed by atoms with E-state index in [9.17, 15) is 10.2 Å². The molecule has 3 N–H and O–H groups in total. The van der Waals surface area contributed by atoms with E-state index in [1.165, 1.54) is 6.42 Å². The summed E-state index contributed by atoms with van der Waals surface area (Å²) in [5.74, 6) is 0. The summed E-state index contributed by atoms with van der Waals surface area (Å²) in [4.78, 5) is 0. The van der Waals surface area contributed by atoms with Crippen LogP contribution < -0.4 is 0 Å². The first-order valence-electron chi connectivity index (χ1n) is 7.55. The summed E-state index contributed by atoms with van der Waals surface area (Å²) < 4.78 is 10.9. The monoisotopic (exact) mass is 288 g/mol. The van der Waals surface area contributed by atoms with Crippen LogP contribution in [-0.2, 0) is 9.47 Å². The fourth-order valence-electron chi connectivity index (χ4n) is 2.24. The molecule has 0 saturated carbocycles. The molecule has 0 aliphatic carbocycles. The van der Waals surface area contributed by atoms with E-state index >= 15 is 0 Å². The first kappa shape index (κ1) is 17.6. The number of ether oxygens (including phenoxy) is 2. The van der Waals surface area contributed by atoms with Gasteiger partial charge in [0.25, 0.3) is 0 Å². The van der Waals surface area contributed by atoms with Crippen molar-refractivity contribution >= 4 is 0 Å². The van der Waals surface area contributed by atoms with Gasteiger partial charge in [-0.25, -0.2) is 0 Å². The Morgan fingerprint density at radius 1 is 1.30 bits per heavy atom. The van der Waals surface area contributed by atoms with Gasteiger partial charge in [0.1, 0.15) is 24.4 Å². The van der Waals surface area contributed by atoms with Gasteiger partial charge in [0.2, 0.25) is 0 Å². The van der Waals surface area contributed by atoms with Crippen molar-refractivity contribution in [1.29, 1.82) is 0 Å². The highest BCUT2D eigenvalue weighted by Gasteiger charge is 2.40. The maximum atomic E-state index is 9.75. The third-order valence-corrected chi connectivity index (χ3v) is 3.43. The minimum Gasteiger partial charge on any atom is -0.394 e. The summed E-state index contributed by atoms with van der Waals surface area (Å²) in [5.41, 5.74) is 0. The second-order valence-electron chi connectivity index (χ2n) is 5.21. The van der Waals surface area contributed by atoms with Crippen molar-refractivity contribution in [2.24, 2.45) is 0 Å². The number of aliphatic hydroxyl groups is 3. The van der Waals surface area contributed by atoms with Gasteiger partial charge in [0.05, 0.1) is 13.2 Å². The lowest BCUT2D eigenvalue weighted by atomic mass is 10.1.